The first-order chi connectivity index (χ1) is 11.5. The van der Waals surface area contributed by atoms with Gasteiger partial charge in [0.15, 0.2) is 0 Å². The van der Waals surface area contributed by atoms with E-state index < -0.39 is 0 Å². The molecule has 0 spiro atoms. The highest BCUT2D eigenvalue weighted by Crippen LogP contribution is 2.21. The van der Waals surface area contributed by atoms with Gasteiger partial charge in [0.25, 0.3) is 0 Å². The van der Waals surface area contributed by atoms with Crippen LogP contribution < -0.4 is 11.1 Å². The molecule has 0 aliphatic heterocycles. The lowest BCUT2D eigenvalue weighted by Crippen LogP contribution is -2.37. The Bertz CT molecular complexity index is 650. The molecule has 1 amide bonds. The smallest absolute Gasteiger partial charge is 0.224 e. The average molecular weight is 383 g/mol. The Morgan fingerprint density at radius 1 is 1.12 bits per heavy atom. The molecular formula is C19H24Cl2N2O2. The minimum absolute atomic E-state index is 0. The topological polar surface area (TPSA) is 64.3 Å². The summed E-state index contributed by atoms with van der Waals surface area (Å²) in [5, 5.41) is 3.59. The van der Waals surface area contributed by atoms with Crippen molar-refractivity contribution in [2.75, 3.05) is 13.7 Å². The Morgan fingerprint density at radius 2 is 1.72 bits per heavy atom. The first-order valence-corrected chi connectivity index (χ1v) is 8.27. The van der Waals surface area contributed by atoms with Gasteiger partial charge < -0.3 is 15.8 Å². The summed E-state index contributed by atoms with van der Waals surface area (Å²) >= 11 is 5.90. The van der Waals surface area contributed by atoms with E-state index in [1.165, 1.54) is 0 Å². The third kappa shape index (κ3) is 6.01. The van der Waals surface area contributed by atoms with Crippen LogP contribution in [0.15, 0.2) is 54.6 Å². The molecule has 2 rings (SSSR count). The molecule has 0 aromatic heterocycles. The lowest BCUT2D eigenvalue weighted by atomic mass is 9.94. The normalized spacial score (nSPS) is 14.1. The van der Waals surface area contributed by atoms with Gasteiger partial charge in [-0.05, 0) is 23.3 Å². The van der Waals surface area contributed by atoms with Crippen LogP contribution in [0.1, 0.15) is 30.2 Å². The molecule has 0 heterocycles. The van der Waals surface area contributed by atoms with Crippen LogP contribution in [0.3, 0.4) is 0 Å². The van der Waals surface area contributed by atoms with Gasteiger partial charge in [0.1, 0.15) is 0 Å². The van der Waals surface area contributed by atoms with Gasteiger partial charge in [-0.1, -0.05) is 61.0 Å². The number of benzene rings is 2. The summed E-state index contributed by atoms with van der Waals surface area (Å²) in [4.78, 5) is 12.4. The number of amides is 1. The Morgan fingerprint density at radius 3 is 2.28 bits per heavy atom. The fourth-order valence-electron chi connectivity index (χ4n) is 2.50. The van der Waals surface area contributed by atoms with Crippen LogP contribution in [0.2, 0.25) is 5.02 Å². The molecule has 2 aromatic carbocycles. The van der Waals surface area contributed by atoms with E-state index in [2.05, 4.69) is 5.32 Å². The van der Waals surface area contributed by atoms with Crippen LogP contribution >= 0.6 is 24.0 Å². The third-order valence-corrected chi connectivity index (χ3v) is 4.38. The van der Waals surface area contributed by atoms with Gasteiger partial charge in [0.05, 0.1) is 12.0 Å². The molecule has 136 valence electrons. The summed E-state index contributed by atoms with van der Waals surface area (Å²) in [6.45, 7) is 2.21. The Hall–Kier alpha value is -1.59. The van der Waals surface area contributed by atoms with Crippen molar-refractivity contribution in [2.45, 2.75) is 19.1 Å². The molecule has 0 saturated heterocycles. The predicted molar refractivity (Wildman–Crippen MR) is 104 cm³/mol. The van der Waals surface area contributed by atoms with Gasteiger partial charge in [0, 0.05) is 24.7 Å². The van der Waals surface area contributed by atoms with E-state index in [0.717, 1.165) is 11.1 Å². The molecule has 4 nitrogen and oxygen atoms in total. The van der Waals surface area contributed by atoms with Crippen molar-refractivity contribution in [1.29, 1.82) is 0 Å². The van der Waals surface area contributed by atoms with Crippen LogP contribution in [0.5, 0.6) is 0 Å². The molecular weight excluding hydrogens is 359 g/mol. The van der Waals surface area contributed by atoms with Gasteiger partial charge in [-0.15, -0.1) is 12.4 Å². The first-order valence-electron chi connectivity index (χ1n) is 7.89. The summed E-state index contributed by atoms with van der Waals surface area (Å²) < 4.78 is 5.46. The number of nitrogens with two attached hydrogens (primary N) is 1. The first kappa shape index (κ1) is 21.5. The molecule has 0 aliphatic carbocycles. The van der Waals surface area contributed by atoms with Gasteiger partial charge in [-0.3, -0.25) is 4.79 Å². The molecule has 0 radical (unpaired) electrons. The number of methoxy groups -OCH3 is 1. The molecule has 6 heteroatoms. The third-order valence-electron chi connectivity index (χ3n) is 4.12. The number of nitrogens with one attached hydrogen (secondary N) is 1. The van der Waals surface area contributed by atoms with Gasteiger partial charge in [-0.2, -0.15) is 0 Å². The number of carbonyl (C=O) groups is 1. The van der Waals surface area contributed by atoms with Crippen LogP contribution in [-0.4, -0.2) is 19.6 Å². The highest BCUT2D eigenvalue weighted by molar-refractivity contribution is 6.30. The Labute approximate surface area is 160 Å². The summed E-state index contributed by atoms with van der Waals surface area (Å²) in [7, 11) is 1.62. The molecule has 0 saturated carbocycles. The molecule has 2 aromatic rings. The maximum absolute atomic E-state index is 12.4. The average Bonchev–Trinajstić information content (AvgIpc) is 2.62. The minimum atomic E-state index is -0.345. The molecule has 0 bridgehead atoms. The van der Waals surface area contributed by atoms with Crippen LogP contribution in [0, 0.1) is 5.92 Å². The van der Waals surface area contributed by atoms with Crippen molar-refractivity contribution in [3.05, 3.63) is 70.7 Å². The standard InChI is InChI=1S/C19H23ClN2O2.ClH/c1-13(18(21)15-6-4-3-5-7-15)19(23)22-12-17(24-2)14-8-10-16(20)11-9-14;/h3-11,13,17-18H,12,21H2,1-2H3,(H,22,23);1H. The molecule has 25 heavy (non-hydrogen) atoms. The number of hydrogen-bond donors (Lipinski definition) is 2. The second-order valence-electron chi connectivity index (χ2n) is 5.75. The van der Waals surface area contributed by atoms with E-state index in [4.69, 9.17) is 22.1 Å². The maximum atomic E-state index is 12.4. The van der Waals surface area contributed by atoms with Crippen LogP contribution in [0.4, 0.5) is 0 Å². The largest absolute Gasteiger partial charge is 0.375 e. The highest BCUT2D eigenvalue weighted by Gasteiger charge is 2.23. The van der Waals surface area contributed by atoms with Crippen molar-refractivity contribution in [2.24, 2.45) is 11.7 Å². The molecule has 0 fully saturated rings. The fraction of sp³-hybridized carbons (Fsp3) is 0.316. The van der Waals surface area contributed by atoms with Gasteiger partial charge >= 0.3 is 0 Å². The maximum Gasteiger partial charge on any atom is 0.224 e. The SMILES string of the molecule is COC(CNC(=O)C(C)C(N)c1ccccc1)c1ccc(Cl)cc1.Cl. The van der Waals surface area contributed by atoms with E-state index in [9.17, 15) is 4.79 Å². The van der Waals surface area contributed by atoms with E-state index in [-0.39, 0.29) is 36.4 Å². The summed E-state index contributed by atoms with van der Waals surface area (Å²) in [5.41, 5.74) is 8.11. The van der Waals surface area contributed by atoms with Gasteiger partial charge in [0.2, 0.25) is 5.91 Å². The second-order valence-corrected chi connectivity index (χ2v) is 6.18. The van der Waals surface area contributed by atoms with Crippen molar-refractivity contribution in [3.63, 3.8) is 0 Å². The van der Waals surface area contributed by atoms with E-state index in [1.54, 1.807) is 19.2 Å². The zero-order chi connectivity index (χ0) is 17.5. The lowest BCUT2D eigenvalue weighted by Gasteiger charge is -2.22. The van der Waals surface area contributed by atoms with Crippen molar-refractivity contribution >= 4 is 29.9 Å². The van der Waals surface area contributed by atoms with E-state index in [1.807, 2.05) is 49.4 Å². The lowest BCUT2D eigenvalue weighted by molar-refractivity contribution is -0.125. The Balaban J connectivity index is 0.00000312. The monoisotopic (exact) mass is 382 g/mol. The molecule has 0 aliphatic rings. The van der Waals surface area contributed by atoms with Crippen molar-refractivity contribution in [3.8, 4) is 0 Å². The van der Waals surface area contributed by atoms with E-state index >= 15 is 0 Å². The zero-order valence-corrected chi connectivity index (χ0v) is 15.9. The van der Waals surface area contributed by atoms with Crippen LogP contribution in [0.25, 0.3) is 0 Å². The summed E-state index contributed by atoms with van der Waals surface area (Å²) in [6.07, 6.45) is -0.230. The minimum Gasteiger partial charge on any atom is -0.375 e. The number of carbonyl (C=O) groups excluding carboxylic acids is 1. The molecule has 3 unspecified atom stereocenters. The fourth-order valence-corrected chi connectivity index (χ4v) is 2.62. The predicted octanol–water partition coefficient (Wildman–Crippen LogP) is 3.90. The Kier molecular flexibility index (Phi) is 8.93. The van der Waals surface area contributed by atoms with Crippen molar-refractivity contribution in [1.82, 2.24) is 5.32 Å². The molecule has 3 N–H and O–H groups in total. The number of ether oxygens (including phenoxy) is 1. The van der Waals surface area contributed by atoms with Crippen LogP contribution in [-0.2, 0) is 9.53 Å². The second kappa shape index (κ2) is 10.4. The summed E-state index contributed by atoms with van der Waals surface area (Å²) in [6, 6.07) is 16.7. The molecule has 3 atom stereocenters. The zero-order valence-electron chi connectivity index (χ0n) is 14.3. The van der Waals surface area contributed by atoms with Crippen molar-refractivity contribution < 1.29 is 9.53 Å². The van der Waals surface area contributed by atoms with E-state index in [0.29, 0.717) is 11.6 Å². The number of halogens is 2. The highest BCUT2D eigenvalue weighted by atomic mass is 35.5. The number of hydrogen-bond acceptors (Lipinski definition) is 3. The van der Waals surface area contributed by atoms with Gasteiger partial charge in [-0.25, -0.2) is 0 Å². The number of rotatable bonds is 7. The quantitative estimate of drug-likeness (QED) is 0.762. The summed E-state index contributed by atoms with van der Waals surface area (Å²) in [5.74, 6) is -0.433.